The molecule has 0 aliphatic carbocycles. The average molecular weight is 425 g/mol. The second-order valence-electron chi connectivity index (χ2n) is 5.56. The van der Waals surface area contributed by atoms with E-state index in [1.165, 1.54) is 12.1 Å². The van der Waals surface area contributed by atoms with Crippen LogP contribution in [0.1, 0.15) is 17.5 Å². The van der Waals surface area contributed by atoms with E-state index in [9.17, 15) is 26.7 Å². The summed E-state index contributed by atoms with van der Waals surface area (Å²) >= 11 is 5.96. The summed E-state index contributed by atoms with van der Waals surface area (Å²) in [6.45, 7) is 1.81. The fourth-order valence-corrected chi connectivity index (χ4v) is 3.44. The first-order valence-corrected chi connectivity index (χ1v) is 9.51. The van der Waals surface area contributed by atoms with E-state index < -0.39 is 26.8 Å². The molecule has 0 atom stereocenters. The number of alkyl halides is 3. The molecule has 0 aliphatic rings. The highest BCUT2D eigenvalue weighted by molar-refractivity contribution is 7.89. The molecule has 0 saturated heterocycles. The smallest absolute Gasteiger partial charge is 0.417 e. The first-order valence-electron chi connectivity index (χ1n) is 7.65. The molecule has 2 rings (SSSR count). The summed E-state index contributed by atoms with van der Waals surface area (Å²) in [4.78, 5) is 3.35. The lowest BCUT2D eigenvalue weighted by Gasteiger charge is -2.12. The number of hydrogen-bond acceptors (Lipinski definition) is 5. The lowest BCUT2D eigenvalue weighted by molar-refractivity contribution is -0.137. The Balaban J connectivity index is 1.88. The second-order valence-corrected chi connectivity index (χ2v) is 7.68. The Labute approximate surface area is 159 Å². The SMILES string of the molecule is Cc1cc(O)cc(Cl)c1OCCCNS(=O)(=O)c1ccc(C(F)(F)F)cn1. The molecule has 148 valence electrons. The Bertz CT molecular complexity index is 880. The zero-order valence-electron chi connectivity index (χ0n) is 14.0. The van der Waals surface area contributed by atoms with Crippen LogP contribution in [0.3, 0.4) is 0 Å². The zero-order valence-corrected chi connectivity index (χ0v) is 15.6. The van der Waals surface area contributed by atoms with Crippen LogP contribution in [0, 0.1) is 6.92 Å². The first-order chi connectivity index (χ1) is 12.5. The number of rotatable bonds is 7. The number of pyridine rings is 1. The predicted octanol–water partition coefficient (Wildman–Crippen LogP) is 3.52. The number of phenolic OH excluding ortho intramolecular Hbond substituents is 1. The maximum atomic E-state index is 12.5. The standard InChI is InChI=1S/C16H16ClF3N2O4S/c1-10-7-12(23)8-13(17)15(10)26-6-2-5-22-27(24,25)14-4-3-11(9-21-14)16(18,19)20/h3-4,7-9,22-23H,2,5-6H2,1H3. The van der Waals surface area contributed by atoms with Gasteiger partial charge >= 0.3 is 6.18 Å². The minimum atomic E-state index is -4.59. The van der Waals surface area contributed by atoms with Crippen LogP contribution in [-0.2, 0) is 16.2 Å². The number of sulfonamides is 1. The number of nitrogens with one attached hydrogen (secondary N) is 1. The summed E-state index contributed by atoms with van der Waals surface area (Å²) in [5.41, 5.74) is -0.412. The van der Waals surface area contributed by atoms with E-state index in [0.29, 0.717) is 23.6 Å². The van der Waals surface area contributed by atoms with Crippen LogP contribution in [0.25, 0.3) is 0 Å². The van der Waals surface area contributed by atoms with Crippen LogP contribution in [0.4, 0.5) is 13.2 Å². The van der Waals surface area contributed by atoms with Crippen LogP contribution in [0.5, 0.6) is 11.5 Å². The van der Waals surface area contributed by atoms with Gasteiger partial charge in [0.25, 0.3) is 10.0 Å². The zero-order chi connectivity index (χ0) is 20.2. The van der Waals surface area contributed by atoms with Crippen molar-refractivity contribution in [2.24, 2.45) is 0 Å². The van der Waals surface area contributed by atoms with Crippen molar-refractivity contribution >= 4 is 21.6 Å². The van der Waals surface area contributed by atoms with Crippen molar-refractivity contribution in [2.45, 2.75) is 24.5 Å². The van der Waals surface area contributed by atoms with Gasteiger partial charge in [-0.1, -0.05) is 11.6 Å². The number of aryl methyl sites for hydroxylation is 1. The van der Waals surface area contributed by atoms with Gasteiger partial charge in [-0.15, -0.1) is 0 Å². The summed E-state index contributed by atoms with van der Waals surface area (Å²) in [7, 11) is -4.03. The van der Waals surface area contributed by atoms with Gasteiger partial charge in [-0.25, -0.2) is 18.1 Å². The van der Waals surface area contributed by atoms with Gasteiger partial charge in [-0.05, 0) is 37.1 Å². The molecule has 1 aromatic carbocycles. The topological polar surface area (TPSA) is 88.5 Å². The van der Waals surface area contributed by atoms with E-state index in [4.69, 9.17) is 16.3 Å². The summed E-state index contributed by atoms with van der Waals surface area (Å²) in [6.07, 6.45) is -3.85. The molecule has 0 saturated carbocycles. The molecular formula is C16H16ClF3N2O4S. The van der Waals surface area contributed by atoms with Crippen LogP contribution >= 0.6 is 11.6 Å². The molecule has 0 fully saturated rings. The summed E-state index contributed by atoms with van der Waals surface area (Å²) in [6, 6.07) is 4.24. The lowest BCUT2D eigenvalue weighted by atomic mass is 10.2. The lowest BCUT2D eigenvalue weighted by Crippen LogP contribution is -2.26. The van der Waals surface area contributed by atoms with E-state index in [2.05, 4.69) is 9.71 Å². The van der Waals surface area contributed by atoms with Gasteiger partial charge in [-0.3, -0.25) is 0 Å². The molecule has 2 aromatic rings. The number of benzene rings is 1. The molecular weight excluding hydrogens is 409 g/mol. The molecule has 1 aromatic heterocycles. The number of aromatic hydroxyl groups is 1. The molecule has 0 radical (unpaired) electrons. The Kier molecular flexibility index (Phi) is 6.55. The van der Waals surface area contributed by atoms with Crippen LogP contribution in [0.2, 0.25) is 5.02 Å². The molecule has 27 heavy (non-hydrogen) atoms. The normalized spacial score (nSPS) is 12.2. The van der Waals surface area contributed by atoms with Crippen LogP contribution < -0.4 is 9.46 Å². The third-order valence-electron chi connectivity index (χ3n) is 3.41. The number of halogens is 4. The van der Waals surface area contributed by atoms with E-state index in [1.54, 1.807) is 6.92 Å². The Morgan fingerprint density at radius 1 is 1.30 bits per heavy atom. The van der Waals surface area contributed by atoms with Gasteiger partial charge in [-0.2, -0.15) is 13.2 Å². The minimum absolute atomic E-state index is 0.00153. The largest absolute Gasteiger partial charge is 0.508 e. The van der Waals surface area contributed by atoms with Crippen LogP contribution in [-0.4, -0.2) is 31.7 Å². The second kappa shape index (κ2) is 8.32. The van der Waals surface area contributed by atoms with Crippen molar-refractivity contribution in [3.8, 4) is 11.5 Å². The number of phenols is 1. The van der Waals surface area contributed by atoms with Gasteiger partial charge < -0.3 is 9.84 Å². The Hall–Kier alpha value is -2.04. The molecule has 0 aliphatic heterocycles. The molecule has 6 nitrogen and oxygen atoms in total. The molecule has 0 bridgehead atoms. The molecule has 0 unspecified atom stereocenters. The Morgan fingerprint density at radius 3 is 2.56 bits per heavy atom. The predicted molar refractivity (Wildman–Crippen MR) is 92.4 cm³/mol. The first kappa shape index (κ1) is 21.3. The van der Waals surface area contributed by atoms with Gasteiger partial charge in [0.15, 0.2) is 5.03 Å². The number of aromatic nitrogens is 1. The van der Waals surface area contributed by atoms with Crippen molar-refractivity contribution in [2.75, 3.05) is 13.2 Å². The van der Waals surface area contributed by atoms with Crippen LogP contribution in [0.15, 0.2) is 35.5 Å². The number of nitrogens with zero attached hydrogens (tertiary/aromatic N) is 1. The van der Waals surface area contributed by atoms with Gasteiger partial charge in [0.1, 0.15) is 11.5 Å². The van der Waals surface area contributed by atoms with Crippen molar-refractivity contribution in [3.63, 3.8) is 0 Å². The fourth-order valence-electron chi connectivity index (χ4n) is 2.13. The highest BCUT2D eigenvalue weighted by Gasteiger charge is 2.31. The highest BCUT2D eigenvalue weighted by atomic mass is 35.5. The highest BCUT2D eigenvalue weighted by Crippen LogP contribution is 2.32. The molecule has 1 heterocycles. The number of hydrogen-bond donors (Lipinski definition) is 2. The molecule has 0 spiro atoms. The quantitative estimate of drug-likeness (QED) is 0.664. The van der Waals surface area contributed by atoms with E-state index in [1.807, 2.05) is 0 Å². The summed E-state index contributed by atoms with van der Waals surface area (Å²) < 4.78 is 69.2. The minimum Gasteiger partial charge on any atom is -0.508 e. The monoisotopic (exact) mass is 424 g/mol. The molecule has 0 amide bonds. The maximum Gasteiger partial charge on any atom is 0.417 e. The summed E-state index contributed by atoms with van der Waals surface area (Å²) in [5.74, 6) is 0.378. The van der Waals surface area contributed by atoms with Gasteiger partial charge in [0.2, 0.25) is 0 Å². The summed E-state index contributed by atoms with van der Waals surface area (Å²) in [5, 5.41) is 9.12. The molecule has 11 heteroatoms. The Morgan fingerprint density at radius 2 is 2.00 bits per heavy atom. The van der Waals surface area contributed by atoms with Gasteiger partial charge in [0.05, 0.1) is 17.2 Å². The average Bonchev–Trinajstić information content (AvgIpc) is 2.55. The van der Waals surface area contributed by atoms with Crippen molar-refractivity contribution in [1.82, 2.24) is 9.71 Å². The van der Waals surface area contributed by atoms with E-state index in [-0.39, 0.29) is 30.3 Å². The fraction of sp³-hybridized carbons (Fsp3) is 0.312. The van der Waals surface area contributed by atoms with E-state index >= 15 is 0 Å². The third kappa shape index (κ3) is 5.72. The maximum absolute atomic E-state index is 12.5. The van der Waals surface area contributed by atoms with Crippen molar-refractivity contribution in [3.05, 3.63) is 46.6 Å². The van der Waals surface area contributed by atoms with Gasteiger partial charge in [0, 0.05) is 18.8 Å². The van der Waals surface area contributed by atoms with Crippen molar-refractivity contribution < 1.29 is 31.4 Å². The van der Waals surface area contributed by atoms with E-state index in [0.717, 1.165) is 6.07 Å². The molecule has 2 N–H and O–H groups in total. The van der Waals surface area contributed by atoms with Crippen molar-refractivity contribution in [1.29, 1.82) is 0 Å². The third-order valence-corrected chi connectivity index (χ3v) is 5.07. The number of ether oxygens (including phenoxy) is 1.